The Hall–Kier alpha value is -10.9. The molecule has 0 fully saturated rings. The van der Waals surface area contributed by atoms with Crippen molar-refractivity contribution in [3.63, 3.8) is 0 Å². The molecule has 2 aromatic heterocycles. The monoisotopic (exact) mass is 1240 g/mol. The Morgan fingerprint density at radius 3 is 1.23 bits per heavy atom. The molecule has 0 atom stereocenters. The zero-order valence-electron chi connectivity index (χ0n) is 53.1. The highest BCUT2D eigenvalue weighted by atomic mass is 32.2. The Kier molecular flexibility index (Phi) is 14.0. The summed E-state index contributed by atoms with van der Waals surface area (Å²) in [6.45, 7) is 11.3. The molecule has 0 spiro atoms. The van der Waals surface area contributed by atoms with Crippen LogP contribution in [0.4, 0.5) is 34.1 Å². The molecule has 6 heteroatoms. The average Bonchev–Trinajstić information content (AvgIpc) is 1.53. The van der Waals surface area contributed by atoms with Crippen LogP contribution in [0, 0.1) is 20.8 Å². The third-order valence-corrected chi connectivity index (χ3v) is 23.8. The second kappa shape index (κ2) is 23.0. The smallest absolute Gasteiger partial charge is 0.159 e. The summed E-state index contributed by atoms with van der Waals surface area (Å²) in [4.78, 5) is 7.40. The molecule has 1 aliphatic carbocycles. The second-order valence-electron chi connectivity index (χ2n) is 25.9. The zero-order valence-corrected chi connectivity index (χ0v) is 55.2. The van der Waals surface area contributed by atoms with Gasteiger partial charge in [-0.15, -0.1) is 0 Å². The van der Waals surface area contributed by atoms with E-state index in [4.69, 9.17) is 8.83 Å². The third-order valence-electron chi connectivity index (χ3n) is 19.5. The highest BCUT2D eigenvalue weighted by Crippen LogP contribution is 2.57. The molecule has 0 N–H and O–H groups in total. The van der Waals surface area contributed by atoms with Crippen LogP contribution in [0.1, 0.15) is 41.7 Å². The van der Waals surface area contributed by atoms with Crippen LogP contribution in [0.25, 0.3) is 88.0 Å². The molecule has 0 saturated heterocycles. The van der Waals surface area contributed by atoms with E-state index in [1.54, 1.807) is 0 Å². The normalized spacial score (nSPS) is 12.5. The van der Waals surface area contributed by atoms with Crippen LogP contribution in [-0.4, -0.2) is 8.80 Å². The van der Waals surface area contributed by atoms with Crippen molar-refractivity contribution in [1.29, 1.82) is 0 Å². The van der Waals surface area contributed by atoms with E-state index in [1.165, 1.54) is 92.6 Å². The topological polar surface area (TPSA) is 32.8 Å². The SMILES string of the molecule is Cc1ccc([SH+]c2ccc(-c3ccc(N(c4cc5c(c6ccccc46)-c4ccc(N(c6ccc(-c7ccc([SiH](c8ccc(C)cc8)c8ccc(C)cc8)cc7)cc6)c6cccc7c6oc6ccccc67)cc4C5(C)C)c4cccc5c4oc4ccccc45)cc3)cc2)cc1. The molecule has 0 bridgehead atoms. The van der Waals surface area contributed by atoms with Crippen molar-refractivity contribution in [2.24, 2.45) is 0 Å². The Labute approximate surface area is 554 Å². The summed E-state index contributed by atoms with van der Waals surface area (Å²) in [6.07, 6.45) is 0. The first-order chi connectivity index (χ1) is 46.1. The number of hydrogen-bond donors (Lipinski definition) is 0. The standard InChI is InChI=1S/C88H66N2O2SSi/c1-56-24-43-66(44-25-56)93-67-45-34-61(35-46-67)59-32-40-64(41-33-59)90(81-21-13-19-76-73-16-9-11-23-84(73)92-87(76)81)82-55-79-85(74-17-7-6-14-71(74)82)77-53-42-65(54-78(77)88(79,4)5)89(80-20-12-18-75-72-15-8-10-22-83(72)91-86(75)80)63-38-30-60(31-39-63)62-36-51-70(52-37-62)94(68-47-26-57(2)27-48-68)69-49-28-58(3)29-50-69/h6-55,94H,1-5H3/p+1. The molecule has 0 radical (unpaired) electrons. The van der Waals surface area contributed by atoms with Crippen molar-refractivity contribution in [3.05, 3.63) is 331 Å². The van der Waals surface area contributed by atoms with Gasteiger partial charge in [0.05, 0.1) is 17.1 Å². The summed E-state index contributed by atoms with van der Waals surface area (Å²) < 4.78 is 13.8. The summed E-state index contributed by atoms with van der Waals surface area (Å²) in [6, 6.07) is 112. The van der Waals surface area contributed by atoms with E-state index in [9.17, 15) is 0 Å². The van der Waals surface area contributed by atoms with Gasteiger partial charge in [-0.05, 0) is 174 Å². The van der Waals surface area contributed by atoms with Crippen LogP contribution < -0.4 is 25.4 Å². The number of para-hydroxylation sites is 4. The lowest BCUT2D eigenvalue weighted by molar-refractivity contribution is 0.660. The van der Waals surface area contributed by atoms with Crippen molar-refractivity contribution in [2.75, 3.05) is 9.80 Å². The van der Waals surface area contributed by atoms with Crippen LogP contribution in [0.3, 0.4) is 0 Å². The number of fused-ring (bicyclic) bond motifs is 11. The quantitative estimate of drug-likeness (QED) is 0.0498. The number of hydrogen-bond acceptors (Lipinski definition) is 4. The van der Waals surface area contributed by atoms with E-state index in [-0.39, 0.29) is 0 Å². The maximum atomic E-state index is 6.93. The van der Waals surface area contributed by atoms with E-state index in [1.807, 2.05) is 0 Å². The van der Waals surface area contributed by atoms with Gasteiger partial charge in [-0.3, -0.25) is 0 Å². The van der Waals surface area contributed by atoms with Crippen molar-refractivity contribution >= 4 is 125 Å². The van der Waals surface area contributed by atoms with Crippen molar-refractivity contribution in [3.8, 4) is 33.4 Å². The fourth-order valence-electron chi connectivity index (χ4n) is 14.6. The van der Waals surface area contributed by atoms with Crippen LogP contribution in [0.5, 0.6) is 0 Å². The highest BCUT2D eigenvalue weighted by molar-refractivity contribution is 7.78. The molecular weight excluding hydrogens is 1180 g/mol. The van der Waals surface area contributed by atoms with Gasteiger partial charge in [0.25, 0.3) is 0 Å². The lowest BCUT2D eigenvalue weighted by Crippen LogP contribution is -2.51. The molecule has 2 heterocycles. The van der Waals surface area contributed by atoms with Crippen LogP contribution in [0.2, 0.25) is 0 Å². The summed E-state index contributed by atoms with van der Waals surface area (Å²) >= 11 is 1.20. The van der Waals surface area contributed by atoms with Gasteiger partial charge < -0.3 is 18.6 Å². The average molecular weight is 1240 g/mol. The molecular formula is C88H67N2O2SSi+. The first kappa shape index (κ1) is 57.0. The minimum Gasteiger partial charge on any atom is -0.454 e. The summed E-state index contributed by atoms with van der Waals surface area (Å²) in [5, 5.41) is 11.0. The minimum atomic E-state index is -1.73. The van der Waals surface area contributed by atoms with E-state index >= 15 is 0 Å². The third kappa shape index (κ3) is 9.92. The van der Waals surface area contributed by atoms with Gasteiger partial charge in [-0.1, -0.05) is 246 Å². The lowest BCUT2D eigenvalue weighted by atomic mass is 9.81. The van der Waals surface area contributed by atoms with E-state index < -0.39 is 14.2 Å². The molecule has 17 rings (SSSR count). The van der Waals surface area contributed by atoms with E-state index in [0.717, 1.165) is 94.5 Å². The summed E-state index contributed by atoms with van der Waals surface area (Å²) in [5.74, 6) is 0. The van der Waals surface area contributed by atoms with Gasteiger partial charge in [0.15, 0.2) is 21.0 Å². The van der Waals surface area contributed by atoms with Crippen LogP contribution >= 0.6 is 0 Å². The number of rotatable bonds is 13. The van der Waals surface area contributed by atoms with Crippen molar-refractivity contribution < 1.29 is 8.83 Å². The Morgan fingerprint density at radius 1 is 0.319 bits per heavy atom. The maximum Gasteiger partial charge on any atom is 0.159 e. The van der Waals surface area contributed by atoms with Crippen LogP contribution in [0.15, 0.2) is 322 Å². The number of anilines is 6. The molecule has 14 aromatic carbocycles. The van der Waals surface area contributed by atoms with Gasteiger partial charge in [-0.2, -0.15) is 0 Å². The van der Waals surface area contributed by atoms with E-state index in [2.05, 4.69) is 348 Å². The molecule has 450 valence electrons. The lowest BCUT2D eigenvalue weighted by Gasteiger charge is -2.30. The molecule has 0 aliphatic heterocycles. The zero-order chi connectivity index (χ0) is 63.2. The van der Waals surface area contributed by atoms with Crippen molar-refractivity contribution in [2.45, 2.75) is 49.8 Å². The Bertz CT molecular complexity index is 5510. The number of furan rings is 2. The largest absolute Gasteiger partial charge is 0.454 e. The maximum absolute atomic E-state index is 6.93. The first-order valence-corrected chi connectivity index (χ1v) is 35.1. The van der Waals surface area contributed by atoms with Gasteiger partial charge in [0.1, 0.15) is 20.0 Å². The predicted octanol–water partition coefficient (Wildman–Crippen LogP) is 21.6. The molecule has 0 amide bonds. The number of nitrogens with zero attached hydrogens (tertiary/aromatic N) is 2. The number of benzene rings is 14. The fourth-order valence-corrected chi connectivity index (χ4v) is 18.4. The van der Waals surface area contributed by atoms with Gasteiger partial charge >= 0.3 is 0 Å². The van der Waals surface area contributed by atoms with Crippen molar-refractivity contribution in [1.82, 2.24) is 0 Å². The van der Waals surface area contributed by atoms with Gasteiger partial charge in [0, 0.05) is 61.2 Å². The summed E-state index contributed by atoms with van der Waals surface area (Å²) in [5.41, 5.74) is 22.7. The molecule has 0 saturated carbocycles. The number of thiol groups is 1. The molecule has 1 aliphatic rings. The Morgan fingerprint density at radius 2 is 0.713 bits per heavy atom. The minimum absolute atomic E-state index is 0.431. The first-order valence-electron chi connectivity index (χ1n) is 32.5. The molecule has 4 nitrogen and oxygen atoms in total. The molecule has 16 aromatic rings. The number of aryl methyl sites for hydroxylation is 3. The summed E-state index contributed by atoms with van der Waals surface area (Å²) in [7, 11) is -1.73. The second-order valence-corrected chi connectivity index (χ2v) is 30.0. The van der Waals surface area contributed by atoms with Crippen LogP contribution in [-0.2, 0) is 17.2 Å². The predicted molar refractivity (Wildman–Crippen MR) is 401 cm³/mol. The highest BCUT2D eigenvalue weighted by Gasteiger charge is 2.39. The molecule has 94 heavy (non-hydrogen) atoms. The van der Waals surface area contributed by atoms with E-state index in [0.29, 0.717) is 0 Å². The van der Waals surface area contributed by atoms with Gasteiger partial charge in [0.2, 0.25) is 0 Å². The molecule has 0 unspecified atom stereocenters. The fraction of sp³-hybridized carbons (Fsp3) is 0.0682. The van der Waals surface area contributed by atoms with Gasteiger partial charge in [-0.25, -0.2) is 0 Å². The Balaban J connectivity index is 0.769.